The predicted octanol–water partition coefficient (Wildman–Crippen LogP) is 3.70. The maximum absolute atomic E-state index is 13.4. The van der Waals surface area contributed by atoms with E-state index in [9.17, 15) is 19.2 Å². The summed E-state index contributed by atoms with van der Waals surface area (Å²) < 4.78 is 15.2. The highest BCUT2D eigenvalue weighted by atomic mass is 16.5. The SMILES string of the molecule is CCOC(=O)c1ccc(NC2=CC(C)(C(=O)OCC)N(c3ccc(C(=O)OCC)cc3)C2=O)cc1. The molecule has 1 aliphatic rings. The highest BCUT2D eigenvalue weighted by Gasteiger charge is 2.49. The normalized spacial score (nSPS) is 17.0. The van der Waals surface area contributed by atoms with Crippen molar-refractivity contribution in [3.63, 3.8) is 0 Å². The number of ether oxygens (including phenoxy) is 3. The zero-order valence-electron chi connectivity index (χ0n) is 20.1. The van der Waals surface area contributed by atoms with Crippen LogP contribution in [0.4, 0.5) is 11.4 Å². The minimum absolute atomic E-state index is 0.143. The molecule has 9 heteroatoms. The third-order valence-corrected chi connectivity index (χ3v) is 5.32. The lowest BCUT2D eigenvalue weighted by Gasteiger charge is -2.32. The lowest BCUT2D eigenvalue weighted by atomic mass is 10.0. The minimum Gasteiger partial charge on any atom is -0.464 e. The van der Waals surface area contributed by atoms with E-state index >= 15 is 0 Å². The first-order valence-electron chi connectivity index (χ1n) is 11.3. The smallest absolute Gasteiger partial charge is 0.338 e. The average molecular weight is 481 g/mol. The zero-order chi connectivity index (χ0) is 25.6. The van der Waals surface area contributed by atoms with Gasteiger partial charge in [0.15, 0.2) is 5.54 Å². The van der Waals surface area contributed by atoms with Crippen LogP contribution in [0.2, 0.25) is 0 Å². The molecule has 0 saturated heterocycles. The lowest BCUT2D eigenvalue weighted by molar-refractivity contribution is -0.147. The van der Waals surface area contributed by atoms with Crippen molar-refractivity contribution < 1.29 is 33.4 Å². The van der Waals surface area contributed by atoms with Crippen LogP contribution in [0.5, 0.6) is 0 Å². The van der Waals surface area contributed by atoms with E-state index in [0.29, 0.717) is 22.5 Å². The number of benzene rings is 2. The molecule has 1 heterocycles. The van der Waals surface area contributed by atoms with Crippen molar-refractivity contribution in [2.24, 2.45) is 0 Å². The van der Waals surface area contributed by atoms with Gasteiger partial charge in [-0.15, -0.1) is 0 Å². The molecule has 1 atom stereocenters. The van der Waals surface area contributed by atoms with Crippen molar-refractivity contribution in [1.29, 1.82) is 0 Å². The lowest BCUT2D eigenvalue weighted by Crippen LogP contribution is -2.51. The molecular formula is C26H28N2O7. The maximum Gasteiger partial charge on any atom is 0.338 e. The van der Waals surface area contributed by atoms with Crippen molar-refractivity contribution in [1.82, 2.24) is 0 Å². The maximum atomic E-state index is 13.4. The second-order valence-corrected chi connectivity index (χ2v) is 7.76. The Kier molecular flexibility index (Phi) is 7.91. The molecule has 0 radical (unpaired) electrons. The Morgan fingerprint density at radius 2 is 1.29 bits per heavy atom. The first kappa shape index (κ1) is 25.5. The fourth-order valence-corrected chi connectivity index (χ4v) is 3.66. The van der Waals surface area contributed by atoms with Crippen LogP contribution in [0.1, 0.15) is 48.4 Å². The molecule has 0 fully saturated rings. The molecule has 0 spiro atoms. The van der Waals surface area contributed by atoms with Crippen molar-refractivity contribution in [3.05, 3.63) is 71.4 Å². The molecule has 3 rings (SSSR count). The molecule has 1 N–H and O–H groups in total. The van der Waals surface area contributed by atoms with Gasteiger partial charge in [-0.3, -0.25) is 9.69 Å². The number of hydrogen-bond acceptors (Lipinski definition) is 8. The summed E-state index contributed by atoms with van der Waals surface area (Å²) in [6.45, 7) is 7.36. The Bertz CT molecular complexity index is 1140. The molecule has 1 amide bonds. The van der Waals surface area contributed by atoms with Crippen LogP contribution >= 0.6 is 0 Å². The summed E-state index contributed by atoms with van der Waals surface area (Å²) in [6, 6.07) is 12.7. The fourth-order valence-electron chi connectivity index (χ4n) is 3.66. The molecule has 1 unspecified atom stereocenters. The highest BCUT2D eigenvalue weighted by Crippen LogP contribution is 2.35. The Morgan fingerprint density at radius 1 is 0.800 bits per heavy atom. The van der Waals surface area contributed by atoms with Crippen molar-refractivity contribution in [2.75, 3.05) is 30.0 Å². The molecule has 1 aliphatic heterocycles. The number of nitrogens with one attached hydrogen (secondary N) is 1. The second-order valence-electron chi connectivity index (χ2n) is 7.76. The summed E-state index contributed by atoms with van der Waals surface area (Å²) >= 11 is 0. The first-order valence-corrected chi connectivity index (χ1v) is 11.3. The number of carbonyl (C=O) groups excluding carboxylic acids is 4. The number of carbonyl (C=O) groups is 4. The van der Waals surface area contributed by atoms with Crippen LogP contribution in [0.15, 0.2) is 60.3 Å². The number of rotatable bonds is 9. The van der Waals surface area contributed by atoms with E-state index in [1.807, 2.05) is 0 Å². The van der Waals surface area contributed by atoms with Gasteiger partial charge in [-0.2, -0.15) is 0 Å². The predicted molar refractivity (Wildman–Crippen MR) is 129 cm³/mol. The standard InChI is InChI=1S/C26H28N2O7/c1-5-33-23(30)17-8-12-19(13-9-17)27-21-16-26(4,25(32)35-7-3)28(22(21)29)20-14-10-18(11-15-20)24(31)34-6-2/h8-16,27H,5-7H2,1-4H3. The third-order valence-electron chi connectivity index (χ3n) is 5.32. The van der Waals surface area contributed by atoms with E-state index in [1.54, 1.807) is 64.1 Å². The van der Waals surface area contributed by atoms with E-state index in [4.69, 9.17) is 14.2 Å². The van der Waals surface area contributed by atoms with Gasteiger partial charge >= 0.3 is 17.9 Å². The van der Waals surface area contributed by atoms with Gasteiger partial charge in [-0.1, -0.05) is 0 Å². The molecule has 0 bridgehead atoms. The highest BCUT2D eigenvalue weighted by molar-refractivity contribution is 6.16. The van der Waals surface area contributed by atoms with Gasteiger partial charge in [0.1, 0.15) is 5.70 Å². The van der Waals surface area contributed by atoms with Gasteiger partial charge in [0, 0.05) is 11.4 Å². The molecule has 2 aromatic carbocycles. The van der Waals surface area contributed by atoms with Gasteiger partial charge in [-0.25, -0.2) is 14.4 Å². The molecular weight excluding hydrogens is 452 g/mol. The monoisotopic (exact) mass is 480 g/mol. The average Bonchev–Trinajstić information content (AvgIpc) is 3.10. The van der Waals surface area contributed by atoms with Gasteiger partial charge < -0.3 is 19.5 Å². The number of hydrogen-bond donors (Lipinski definition) is 1. The summed E-state index contributed by atoms with van der Waals surface area (Å²) in [5.74, 6) is -1.98. The number of nitrogens with zero attached hydrogens (tertiary/aromatic N) is 1. The molecule has 9 nitrogen and oxygen atoms in total. The summed E-state index contributed by atoms with van der Waals surface area (Å²) in [5.41, 5.74) is 0.398. The molecule has 0 saturated carbocycles. The van der Waals surface area contributed by atoms with Crippen LogP contribution in [-0.2, 0) is 23.8 Å². The van der Waals surface area contributed by atoms with Crippen LogP contribution in [0.25, 0.3) is 0 Å². The molecule has 35 heavy (non-hydrogen) atoms. The number of anilines is 2. The van der Waals surface area contributed by atoms with Crippen molar-refractivity contribution in [3.8, 4) is 0 Å². The van der Waals surface area contributed by atoms with Gasteiger partial charge in [0.05, 0.1) is 30.9 Å². The van der Waals surface area contributed by atoms with Crippen molar-refractivity contribution >= 4 is 35.2 Å². The Labute approximate surface area is 203 Å². The minimum atomic E-state index is -1.42. The summed E-state index contributed by atoms with van der Waals surface area (Å²) in [7, 11) is 0. The van der Waals surface area contributed by atoms with E-state index in [0.717, 1.165) is 0 Å². The van der Waals surface area contributed by atoms with Crippen LogP contribution in [0, 0.1) is 0 Å². The molecule has 184 valence electrons. The Hall–Kier alpha value is -4.14. The Balaban J connectivity index is 1.90. The van der Waals surface area contributed by atoms with Crippen molar-refractivity contribution in [2.45, 2.75) is 33.2 Å². The van der Waals surface area contributed by atoms with Crippen LogP contribution < -0.4 is 10.2 Å². The third kappa shape index (κ3) is 5.34. The summed E-state index contributed by atoms with van der Waals surface area (Å²) in [5, 5.41) is 3.02. The number of amides is 1. The first-order chi connectivity index (χ1) is 16.7. The summed E-state index contributed by atoms with van der Waals surface area (Å²) in [4.78, 5) is 51.5. The van der Waals surface area contributed by atoms with E-state index < -0.39 is 29.4 Å². The number of esters is 3. The second kappa shape index (κ2) is 10.9. The molecule has 0 aliphatic carbocycles. The quantitative estimate of drug-likeness (QED) is 0.427. The molecule has 0 aromatic heterocycles. The summed E-state index contributed by atoms with van der Waals surface area (Å²) in [6.07, 6.45) is 1.51. The van der Waals surface area contributed by atoms with E-state index in [1.165, 1.54) is 23.1 Å². The fraction of sp³-hybridized carbons (Fsp3) is 0.308. The zero-order valence-corrected chi connectivity index (χ0v) is 20.1. The van der Waals surface area contributed by atoms with E-state index in [-0.39, 0.29) is 25.5 Å². The van der Waals surface area contributed by atoms with Gasteiger partial charge in [0.25, 0.3) is 5.91 Å². The topological polar surface area (TPSA) is 111 Å². The van der Waals surface area contributed by atoms with Gasteiger partial charge in [-0.05, 0) is 82.3 Å². The van der Waals surface area contributed by atoms with E-state index in [2.05, 4.69) is 5.32 Å². The van der Waals surface area contributed by atoms with Crippen LogP contribution in [0.3, 0.4) is 0 Å². The van der Waals surface area contributed by atoms with Gasteiger partial charge in [0.2, 0.25) is 0 Å². The van der Waals surface area contributed by atoms with Crippen LogP contribution in [-0.4, -0.2) is 49.2 Å². The Morgan fingerprint density at radius 3 is 1.77 bits per heavy atom. The largest absolute Gasteiger partial charge is 0.464 e. The molecule has 2 aromatic rings.